The fourth-order valence-electron chi connectivity index (χ4n) is 2.72. The molecule has 0 spiro atoms. The second-order valence-corrected chi connectivity index (χ2v) is 7.24. The van der Waals surface area contributed by atoms with E-state index in [-0.39, 0.29) is 5.37 Å². The summed E-state index contributed by atoms with van der Waals surface area (Å²) < 4.78 is 15.1. The summed E-state index contributed by atoms with van der Waals surface area (Å²) in [5.74, 6) is 0. The predicted molar refractivity (Wildman–Crippen MR) is 93.7 cm³/mol. The van der Waals surface area contributed by atoms with Gasteiger partial charge in [0.05, 0.1) is 16.5 Å². The van der Waals surface area contributed by atoms with Crippen molar-refractivity contribution in [1.82, 2.24) is 9.78 Å². The van der Waals surface area contributed by atoms with Crippen LogP contribution >= 0.6 is 0 Å². The molecule has 0 saturated heterocycles. The molecule has 2 unspecified atom stereocenters. The van der Waals surface area contributed by atoms with Crippen LogP contribution in [0.5, 0.6) is 0 Å². The zero-order chi connectivity index (χ0) is 16.2. The number of hydrogen-bond acceptors (Lipinski definition) is 2. The van der Waals surface area contributed by atoms with Crippen molar-refractivity contribution in [2.75, 3.05) is 0 Å². The van der Waals surface area contributed by atoms with Gasteiger partial charge in [-0.1, -0.05) is 48.5 Å². The summed E-state index contributed by atoms with van der Waals surface area (Å²) in [7, 11) is -1.17. The van der Waals surface area contributed by atoms with Crippen LogP contribution in [0, 0.1) is 13.8 Å². The van der Waals surface area contributed by atoms with Crippen LogP contribution in [0.25, 0.3) is 0 Å². The Morgan fingerprint density at radius 2 is 1.61 bits per heavy atom. The molecule has 23 heavy (non-hydrogen) atoms. The van der Waals surface area contributed by atoms with Crippen molar-refractivity contribution in [2.24, 2.45) is 0 Å². The van der Waals surface area contributed by atoms with Crippen LogP contribution in [0.3, 0.4) is 0 Å². The van der Waals surface area contributed by atoms with E-state index in [4.69, 9.17) is 0 Å². The standard InChI is InChI=1S/C19H20N2OS/c1-15-13-16(2)21(20-15)19(14-17-9-5-3-6-10-17)23(22)18-11-7-4-8-12-18/h3-13,19H,14H2,1-2H3. The molecule has 2 aromatic carbocycles. The summed E-state index contributed by atoms with van der Waals surface area (Å²) in [6.45, 7) is 3.98. The topological polar surface area (TPSA) is 34.9 Å². The molecule has 0 bridgehead atoms. The average Bonchev–Trinajstić information content (AvgIpc) is 2.92. The van der Waals surface area contributed by atoms with Crippen LogP contribution < -0.4 is 0 Å². The maximum Gasteiger partial charge on any atom is 0.135 e. The van der Waals surface area contributed by atoms with Crippen molar-refractivity contribution in [1.29, 1.82) is 0 Å². The highest BCUT2D eigenvalue weighted by Crippen LogP contribution is 2.25. The summed E-state index contributed by atoms with van der Waals surface area (Å²) >= 11 is 0. The zero-order valence-corrected chi connectivity index (χ0v) is 14.2. The van der Waals surface area contributed by atoms with E-state index >= 15 is 0 Å². The molecule has 0 aliphatic carbocycles. The Kier molecular flexibility index (Phi) is 4.72. The molecule has 4 heteroatoms. The lowest BCUT2D eigenvalue weighted by Gasteiger charge is -2.19. The first-order chi connectivity index (χ1) is 11.1. The first kappa shape index (κ1) is 15.7. The number of aryl methyl sites for hydroxylation is 2. The van der Waals surface area contributed by atoms with Crippen molar-refractivity contribution in [3.8, 4) is 0 Å². The third-order valence-electron chi connectivity index (χ3n) is 3.79. The van der Waals surface area contributed by atoms with E-state index in [0.29, 0.717) is 6.42 Å². The Balaban J connectivity index is 2.00. The van der Waals surface area contributed by atoms with Gasteiger partial charge in [-0.2, -0.15) is 5.10 Å². The van der Waals surface area contributed by atoms with Gasteiger partial charge in [-0.25, -0.2) is 0 Å². The van der Waals surface area contributed by atoms with Gasteiger partial charge in [0, 0.05) is 17.0 Å². The van der Waals surface area contributed by atoms with Crippen LogP contribution in [0.15, 0.2) is 71.6 Å². The lowest BCUT2D eigenvalue weighted by Crippen LogP contribution is -2.20. The summed E-state index contributed by atoms with van der Waals surface area (Å²) in [5, 5.41) is 4.36. The molecular formula is C19H20N2OS. The fraction of sp³-hybridized carbons (Fsp3) is 0.211. The lowest BCUT2D eigenvalue weighted by atomic mass is 10.1. The van der Waals surface area contributed by atoms with Gasteiger partial charge in [0.15, 0.2) is 0 Å². The maximum absolute atomic E-state index is 13.2. The molecule has 1 heterocycles. The average molecular weight is 324 g/mol. The minimum Gasteiger partial charge on any atom is -0.253 e. The van der Waals surface area contributed by atoms with Gasteiger partial charge < -0.3 is 0 Å². The number of nitrogens with zero attached hydrogens (tertiary/aromatic N) is 2. The van der Waals surface area contributed by atoms with Gasteiger partial charge in [-0.3, -0.25) is 8.89 Å². The highest BCUT2D eigenvalue weighted by atomic mass is 32.2. The maximum atomic E-state index is 13.2. The smallest absolute Gasteiger partial charge is 0.135 e. The van der Waals surface area contributed by atoms with Gasteiger partial charge in [0.2, 0.25) is 0 Å². The van der Waals surface area contributed by atoms with E-state index in [9.17, 15) is 4.21 Å². The van der Waals surface area contributed by atoms with Crippen LogP contribution in [-0.4, -0.2) is 14.0 Å². The Hall–Kier alpha value is -2.20. The van der Waals surface area contributed by atoms with E-state index in [2.05, 4.69) is 17.2 Å². The third kappa shape index (κ3) is 3.59. The fourth-order valence-corrected chi connectivity index (χ4v) is 4.20. The van der Waals surface area contributed by atoms with Gasteiger partial charge in [0.25, 0.3) is 0 Å². The highest BCUT2D eigenvalue weighted by Gasteiger charge is 2.23. The van der Waals surface area contributed by atoms with E-state index in [1.807, 2.05) is 73.1 Å². The summed E-state index contributed by atoms with van der Waals surface area (Å²) in [5.41, 5.74) is 3.15. The number of aromatic nitrogens is 2. The minimum atomic E-state index is -1.17. The molecule has 3 rings (SSSR count). The first-order valence-electron chi connectivity index (χ1n) is 7.67. The summed E-state index contributed by atoms with van der Waals surface area (Å²) in [6.07, 6.45) is 0.685. The van der Waals surface area contributed by atoms with Crippen molar-refractivity contribution >= 4 is 10.8 Å². The van der Waals surface area contributed by atoms with Crippen molar-refractivity contribution in [3.05, 3.63) is 83.7 Å². The Morgan fingerprint density at radius 3 is 2.17 bits per heavy atom. The number of hydrogen-bond donors (Lipinski definition) is 0. The van der Waals surface area contributed by atoms with Crippen LogP contribution in [0.2, 0.25) is 0 Å². The molecule has 3 aromatic rings. The Bertz CT molecular complexity index is 797. The van der Waals surface area contributed by atoms with E-state index in [0.717, 1.165) is 21.8 Å². The first-order valence-corrected chi connectivity index (χ1v) is 8.89. The number of rotatable bonds is 5. The molecule has 0 aliphatic rings. The largest absolute Gasteiger partial charge is 0.253 e. The van der Waals surface area contributed by atoms with Crippen LogP contribution in [-0.2, 0) is 17.2 Å². The van der Waals surface area contributed by atoms with Gasteiger partial charge in [-0.15, -0.1) is 0 Å². The van der Waals surface area contributed by atoms with E-state index < -0.39 is 10.8 Å². The molecule has 0 amide bonds. The Morgan fingerprint density at radius 1 is 1.00 bits per heavy atom. The minimum absolute atomic E-state index is 0.214. The predicted octanol–water partition coefficient (Wildman–Crippen LogP) is 4.05. The van der Waals surface area contributed by atoms with Crippen molar-refractivity contribution in [2.45, 2.75) is 30.5 Å². The molecule has 0 saturated carbocycles. The van der Waals surface area contributed by atoms with E-state index in [1.165, 1.54) is 0 Å². The highest BCUT2D eigenvalue weighted by molar-refractivity contribution is 7.85. The SMILES string of the molecule is Cc1cc(C)n(C(Cc2ccccc2)S(=O)c2ccccc2)n1. The molecule has 0 fully saturated rings. The molecule has 0 N–H and O–H groups in total. The number of benzene rings is 2. The normalized spacial score (nSPS) is 13.7. The molecule has 118 valence electrons. The van der Waals surface area contributed by atoms with Gasteiger partial charge >= 0.3 is 0 Å². The quantitative estimate of drug-likeness (QED) is 0.709. The summed E-state index contributed by atoms with van der Waals surface area (Å²) in [6, 6.07) is 21.8. The van der Waals surface area contributed by atoms with Crippen molar-refractivity contribution in [3.63, 3.8) is 0 Å². The van der Waals surface area contributed by atoms with E-state index in [1.54, 1.807) is 0 Å². The Labute approximate surface area is 139 Å². The van der Waals surface area contributed by atoms with Crippen molar-refractivity contribution < 1.29 is 4.21 Å². The second kappa shape index (κ2) is 6.92. The summed E-state index contributed by atoms with van der Waals surface area (Å²) in [4.78, 5) is 0.834. The van der Waals surface area contributed by atoms with Gasteiger partial charge in [0.1, 0.15) is 5.37 Å². The molecule has 0 aliphatic heterocycles. The molecule has 2 atom stereocenters. The van der Waals surface area contributed by atoms with Crippen LogP contribution in [0.1, 0.15) is 22.3 Å². The van der Waals surface area contributed by atoms with Gasteiger partial charge in [-0.05, 0) is 37.6 Å². The lowest BCUT2D eigenvalue weighted by molar-refractivity contribution is 0.551. The monoisotopic (exact) mass is 324 g/mol. The molecule has 0 radical (unpaired) electrons. The third-order valence-corrected chi connectivity index (χ3v) is 5.39. The second-order valence-electron chi connectivity index (χ2n) is 5.63. The molecule has 1 aromatic heterocycles. The van der Waals surface area contributed by atoms with Crippen LogP contribution in [0.4, 0.5) is 0 Å². The zero-order valence-electron chi connectivity index (χ0n) is 13.3. The molecular weight excluding hydrogens is 304 g/mol. The molecule has 3 nitrogen and oxygen atoms in total.